The Kier molecular flexibility index (Phi) is 4.77. The maximum Gasteiger partial charge on any atom is 0.338 e. The minimum absolute atomic E-state index is 0.338. The standard InChI is InChI=1S/C19H16N4O2/c1-2-25-19(24)13-7-9-15(10-8-13)21-12-14(11-20)18-22-16-5-3-4-6-17(16)23-18/h3-10,12,21H,2H2,1H3,(H,22,23). The molecule has 0 atom stereocenters. The van der Waals surface area contributed by atoms with Crippen molar-refractivity contribution in [1.82, 2.24) is 9.97 Å². The largest absolute Gasteiger partial charge is 0.462 e. The van der Waals surface area contributed by atoms with Crippen molar-refractivity contribution in [3.8, 4) is 6.07 Å². The number of imidazole rings is 1. The maximum atomic E-state index is 11.6. The third-order valence-electron chi connectivity index (χ3n) is 3.54. The van der Waals surface area contributed by atoms with Crippen molar-refractivity contribution >= 4 is 28.3 Å². The molecular formula is C19H16N4O2. The fourth-order valence-corrected chi connectivity index (χ4v) is 2.31. The van der Waals surface area contributed by atoms with Gasteiger partial charge in [-0.3, -0.25) is 0 Å². The Labute approximate surface area is 144 Å². The van der Waals surface area contributed by atoms with E-state index >= 15 is 0 Å². The van der Waals surface area contributed by atoms with E-state index in [0.29, 0.717) is 23.6 Å². The zero-order chi connectivity index (χ0) is 17.6. The molecule has 0 aliphatic heterocycles. The van der Waals surface area contributed by atoms with E-state index < -0.39 is 0 Å². The molecule has 0 bridgehead atoms. The predicted molar refractivity (Wildman–Crippen MR) is 95.7 cm³/mol. The second-order valence-electron chi connectivity index (χ2n) is 5.21. The number of para-hydroxylation sites is 2. The van der Waals surface area contributed by atoms with Crippen LogP contribution in [0.2, 0.25) is 0 Å². The third kappa shape index (κ3) is 3.67. The average Bonchev–Trinajstić information content (AvgIpc) is 3.07. The summed E-state index contributed by atoms with van der Waals surface area (Å²) in [6.45, 7) is 2.10. The van der Waals surface area contributed by atoms with E-state index in [9.17, 15) is 10.1 Å². The smallest absolute Gasteiger partial charge is 0.338 e. The number of aromatic amines is 1. The van der Waals surface area contributed by atoms with Crippen LogP contribution < -0.4 is 5.32 Å². The molecule has 0 radical (unpaired) electrons. The monoisotopic (exact) mass is 332 g/mol. The maximum absolute atomic E-state index is 11.6. The summed E-state index contributed by atoms with van der Waals surface area (Å²) in [7, 11) is 0. The lowest BCUT2D eigenvalue weighted by Gasteiger charge is -2.04. The number of nitrogens with zero attached hydrogens (tertiary/aromatic N) is 2. The lowest BCUT2D eigenvalue weighted by atomic mass is 10.2. The Balaban J connectivity index is 1.77. The van der Waals surface area contributed by atoms with Gasteiger partial charge in [0.05, 0.1) is 23.2 Å². The van der Waals surface area contributed by atoms with Gasteiger partial charge in [0.1, 0.15) is 11.6 Å². The molecule has 0 fully saturated rings. The minimum Gasteiger partial charge on any atom is -0.462 e. The number of hydrogen-bond acceptors (Lipinski definition) is 5. The summed E-state index contributed by atoms with van der Waals surface area (Å²) in [6.07, 6.45) is 1.58. The lowest BCUT2D eigenvalue weighted by molar-refractivity contribution is 0.0526. The molecule has 0 spiro atoms. The Morgan fingerprint density at radius 2 is 2.04 bits per heavy atom. The van der Waals surface area contributed by atoms with E-state index in [1.807, 2.05) is 24.3 Å². The first-order valence-electron chi connectivity index (χ1n) is 7.80. The number of carbonyl (C=O) groups is 1. The first-order valence-corrected chi connectivity index (χ1v) is 7.80. The second-order valence-corrected chi connectivity index (χ2v) is 5.21. The Bertz CT molecular complexity index is 932. The fraction of sp³-hybridized carbons (Fsp3) is 0.105. The van der Waals surface area contributed by atoms with Crippen LogP contribution in [0.3, 0.4) is 0 Å². The van der Waals surface area contributed by atoms with E-state index in [1.165, 1.54) is 0 Å². The van der Waals surface area contributed by atoms with Gasteiger partial charge in [0.15, 0.2) is 5.82 Å². The summed E-state index contributed by atoms with van der Waals surface area (Å²) in [5, 5.41) is 12.4. The van der Waals surface area contributed by atoms with Gasteiger partial charge in [-0.05, 0) is 43.3 Å². The molecule has 3 aromatic rings. The molecule has 2 N–H and O–H groups in total. The second kappa shape index (κ2) is 7.32. The van der Waals surface area contributed by atoms with Gasteiger partial charge in [-0.2, -0.15) is 5.26 Å². The number of ether oxygens (including phenoxy) is 1. The number of carbonyl (C=O) groups excluding carboxylic acids is 1. The summed E-state index contributed by atoms with van der Waals surface area (Å²) in [5.74, 6) is 0.143. The van der Waals surface area contributed by atoms with E-state index in [4.69, 9.17) is 4.74 Å². The molecule has 0 amide bonds. The third-order valence-corrected chi connectivity index (χ3v) is 3.54. The number of benzene rings is 2. The molecule has 6 nitrogen and oxygen atoms in total. The van der Waals surface area contributed by atoms with Crippen LogP contribution in [-0.4, -0.2) is 22.5 Å². The molecular weight excluding hydrogens is 316 g/mol. The van der Waals surface area contributed by atoms with Gasteiger partial charge in [0.25, 0.3) is 0 Å². The summed E-state index contributed by atoms with van der Waals surface area (Å²) in [5.41, 5.74) is 3.28. The van der Waals surface area contributed by atoms with Crippen LogP contribution in [0, 0.1) is 11.3 Å². The number of nitrogens with one attached hydrogen (secondary N) is 2. The molecule has 0 saturated carbocycles. The van der Waals surface area contributed by atoms with E-state index in [-0.39, 0.29) is 5.97 Å². The summed E-state index contributed by atoms with van der Waals surface area (Å²) >= 11 is 0. The van der Waals surface area contributed by atoms with Crippen LogP contribution in [0.15, 0.2) is 54.7 Å². The predicted octanol–water partition coefficient (Wildman–Crippen LogP) is 3.72. The van der Waals surface area contributed by atoms with Gasteiger partial charge in [-0.1, -0.05) is 12.1 Å². The number of aromatic nitrogens is 2. The number of fused-ring (bicyclic) bond motifs is 1. The number of esters is 1. The van der Waals surface area contributed by atoms with Crippen molar-refractivity contribution < 1.29 is 9.53 Å². The van der Waals surface area contributed by atoms with E-state index in [0.717, 1.165) is 16.7 Å². The van der Waals surface area contributed by atoms with Crippen molar-refractivity contribution in [2.24, 2.45) is 0 Å². The molecule has 0 aliphatic carbocycles. The zero-order valence-electron chi connectivity index (χ0n) is 13.6. The van der Waals surface area contributed by atoms with Crippen LogP contribution in [-0.2, 0) is 4.74 Å². The number of hydrogen-bond donors (Lipinski definition) is 2. The molecule has 0 aliphatic rings. The van der Waals surface area contributed by atoms with Crippen molar-refractivity contribution in [3.63, 3.8) is 0 Å². The molecule has 2 aromatic carbocycles. The highest BCUT2D eigenvalue weighted by atomic mass is 16.5. The first kappa shape index (κ1) is 16.3. The van der Waals surface area contributed by atoms with Crippen molar-refractivity contribution in [2.45, 2.75) is 6.92 Å². The summed E-state index contributed by atoms with van der Waals surface area (Å²) in [6, 6.07) is 16.5. The van der Waals surface area contributed by atoms with Crippen LogP contribution in [0.25, 0.3) is 16.6 Å². The molecule has 25 heavy (non-hydrogen) atoms. The van der Waals surface area contributed by atoms with Gasteiger partial charge in [0, 0.05) is 11.9 Å². The number of allylic oxidation sites excluding steroid dienone is 1. The molecule has 0 saturated heterocycles. The van der Waals surface area contributed by atoms with Gasteiger partial charge >= 0.3 is 5.97 Å². The van der Waals surface area contributed by atoms with Gasteiger partial charge in [-0.15, -0.1) is 0 Å². The van der Waals surface area contributed by atoms with Crippen LogP contribution in [0.5, 0.6) is 0 Å². The quantitative estimate of drug-likeness (QED) is 0.549. The average molecular weight is 332 g/mol. The van der Waals surface area contributed by atoms with Gasteiger partial charge in [-0.25, -0.2) is 9.78 Å². The van der Waals surface area contributed by atoms with Crippen molar-refractivity contribution in [3.05, 3.63) is 66.1 Å². The Hall–Kier alpha value is -3.59. The molecule has 124 valence electrons. The highest BCUT2D eigenvalue weighted by Crippen LogP contribution is 2.17. The Morgan fingerprint density at radius 3 is 2.72 bits per heavy atom. The first-order chi connectivity index (χ1) is 12.2. The normalized spacial score (nSPS) is 11.1. The number of H-pyrrole nitrogens is 1. The molecule has 0 unspecified atom stereocenters. The minimum atomic E-state index is -0.357. The summed E-state index contributed by atoms with van der Waals surface area (Å²) < 4.78 is 4.94. The Morgan fingerprint density at radius 1 is 1.28 bits per heavy atom. The molecule has 6 heteroatoms. The van der Waals surface area contributed by atoms with Crippen LogP contribution in [0.4, 0.5) is 5.69 Å². The fourth-order valence-electron chi connectivity index (χ4n) is 2.31. The highest BCUT2D eigenvalue weighted by Gasteiger charge is 2.08. The topological polar surface area (TPSA) is 90.8 Å². The lowest BCUT2D eigenvalue weighted by Crippen LogP contribution is -2.04. The number of anilines is 1. The van der Waals surface area contributed by atoms with Crippen LogP contribution >= 0.6 is 0 Å². The SMILES string of the molecule is CCOC(=O)c1ccc(NC=C(C#N)c2nc3ccccc3[nH]2)cc1. The molecule has 1 aromatic heterocycles. The number of nitriles is 1. The van der Waals surface area contributed by atoms with E-state index in [1.54, 1.807) is 37.4 Å². The highest BCUT2D eigenvalue weighted by molar-refractivity contribution is 5.90. The summed E-state index contributed by atoms with van der Waals surface area (Å²) in [4.78, 5) is 19.2. The number of rotatable bonds is 5. The zero-order valence-corrected chi connectivity index (χ0v) is 13.6. The molecule has 3 rings (SSSR count). The van der Waals surface area contributed by atoms with Crippen molar-refractivity contribution in [1.29, 1.82) is 5.26 Å². The van der Waals surface area contributed by atoms with Gasteiger partial charge < -0.3 is 15.0 Å². The van der Waals surface area contributed by atoms with Crippen LogP contribution in [0.1, 0.15) is 23.1 Å². The van der Waals surface area contributed by atoms with Gasteiger partial charge in [0.2, 0.25) is 0 Å². The van der Waals surface area contributed by atoms with Crippen molar-refractivity contribution in [2.75, 3.05) is 11.9 Å². The van der Waals surface area contributed by atoms with E-state index in [2.05, 4.69) is 21.4 Å². The molecule has 1 heterocycles.